The first-order chi connectivity index (χ1) is 8.38. The lowest BCUT2D eigenvalue weighted by molar-refractivity contribution is -0.113. The predicted molar refractivity (Wildman–Crippen MR) is 73.7 cm³/mol. The number of carbonyl (C=O) groups excluding carboxylic acids is 1. The van der Waals surface area contributed by atoms with Gasteiger partial charge in [-0.2, -0.15) is 0 Å². The topological polar surface area (TPSA) is 52.3 Å². The van der Waals surface area contributed by atoms with E-state index in [9.17, 15) is 4.79 Å². The molecule has 0 bridgehead atoms. The van der Waals surface area contributed by atoms with Crippen molar-refractivity contribution < 1.29 is 9.53 Å². The molecule has 1 atom stereocenters. The second-order valence-corrected chi connectivity index (χ2v) is 4.51. The van der Waals surface area contributed by atoms with Crippen molar-refractivity contribution in [3.05, 3.63) is 46.9 Å². The Balaban J connectivity index is 3.46. The number of nitrogens with two attached hydrogens (primary N) is 1. The molecule has 3 heteroatoms. The second kappa shape index (κ2) is 5.71. The average molecular weight is 247 g/mol. The van der Waals surface area contributed by atoms with Crippen LogP contribution in [0, 0.1) is 5.92 Å². The third-order valence-electron chi connectivity index (χ3n) is 3.00. The van der Waals surface area contributed by atoms with Gasteiger partial charge in [0, 0.05) is 11.6 Å². The first-order valence-corrected chi connectivity index (χ1v) is 6.11. The highest BCUT2D eigenvalue weighted by Crippen LogP contribution is 2.29. The summed E-state index contributed by atoms with van der Waals surface area (Å²) in [7, 11) is 0. The van der Waals surface area contributed by atoms with Gasteiger partial charge < -0.3 is 10.5 Å². The number of hydrogen-bond acceptors (Lipinski definition) is 3. The first kappa shape index (κ1) is 14.3. The molecule has 1 unspecified atom stereocenters. The molecule has 1 rings (SSSR count). The zero-order valence-corrected chi connectivity index (χ0v) is 11.5. The molecule has 0 aromatic heterocycles. The van der Waals surface area contributed by atoms with Gasteiger partial charge in [-0.15, -0.1) is 0 Å². The van der Waals surface area contributed by atoms with Gasteiger partial charge in [0.1, 0.15) is 5.76 Å². The summed E-state index contributed by atoms with van der Waals surface area (Å²) < 4.78 is 5.57. The molecular weight excluding hydrogens is 226 g/mol. The second-order valence-electron chi connectivity index (χ2n) is 4.51. The predicted octanol–water partition coefficient (Wildman–Crippen LogP) is 2.86. The maximum Gasteiger partial charge on any atom is 0.163 e. The summed E-state index contributed by atoms with van der Waals surface area (Å²) in [4.78, 5) is 11.8. The lowest BCUT2D eigenvalue weighted by Crippen LogP contribution is -2.18. The minimum atomic E-state index is -0.0667. The first-order valence-electron chi connectivity index (χ1n) is 6.11. The number of ether oxygens (including phenoxy) is 1. The molecule has 0 radical (unpaired) electrons. The fraction of sp³-hybridized carbons (Fsp3) is 0.400. The monoisotopic (exact) mass is 247 g/mol. The van der Waals surface area contributed by atoms with Crippen LogP contribution >= 0.6 is 0 Å². The third kappa shape index (κ3) is 2.92. The van der Waals surface area contributed by atoms with Crippen LogP contribution in [0.4, 0.5) is 0 Å². The van der Waals surface area contributed by atoms with Crippen LogP contribution in [0.25, 0.3) is 0 Å². The van der Waals surface area contributed by atoms with Crippen molar-refractivity contribution in [2.45, 2.75) is 27.7 Å². The SMILES string of the molecule is C=C1C(C(C)=O)=C(OCC)C=C(C)C=C(N)C1C. The molecular formula is C15H21NO2. The smallest absolute Gasteiger partial charge is 0.163 e. The molecule has 0 spiro atoms. The Morgan fingerprint density at radius 3 is 2.61 bits per heavy atom. The number of rotatable bonds is 3. The number of hydrogen-bond donors (Lipinski definition) is 1. The van der Waals surface area contributed by atoms with Gasteiger partial charge in [0.15, 0.2) is 5.78 Å². The van der Waals surface area contributed by atoms with Gasteiger partial charge in [0.05, 0.1) is 12.2 Å². The molecule has 98 valence electrons. The van der Waals surface area contributed by atoms with E-state index in [0.29, 0.717) is 29.2 Å². The fourth-order valence-corrected chi connectivity index (χ4v) is 1.95. The van der Waals surface area contributed by atoms with E-state index in [0.717, 1.165) is 5.57 Å². The van der Waals surface area contributed by atoms with Gasteiger partial charge in [-0.25, -0.2) is 0 Å². The van der Waals surface area contributed by atoms with Crippen molar-refractivity contribution in [1.82, 2.24) is 0 Å². The van der Waals surface area contributed by atoms with Crippen LogP contribution in [0.1, 0.15) is 27.7 Å². The maximum atomic E-state index is 11.8. The molecule has 0 saturated carbocycles. The summed E-state index contributed by atoms with van der Waals surface area (Å²) in [6.07, 6.45) is 3.73. The summed E-state index contributed by atoms with van der Waals surface area (Å²) in [6, 6.07) is 0. The highest BCUT2D eigenvalue weighted by atomic mass is 16.5. The third-order valence-corrected chi connectivity index (χ3v) is 3.00. The fourth-order valence-electron chi connectivity index (χ4n) is 1.95. The van der Waals surface area contributed by atoms with Crippen molar-refractivity contribution >= 4 is 5.78 Å². The van der Waals surface area contributed by atoms with Crippen LogP contribution in [-0.4, -0.2) is 12.4 Å². The van der Waals surface area contributed by atoms with Crippen molar-refractivity contribution in [3.8, 4) is 0 Å². The van der Waals surface area contributed by atoms with E-state index in [1.165, 1.54) is 6.92 Å². The van der Waals surface area contributed by atoms with E-state index in [1.54, 1.807) is 0 Å². The van der Waals surface area contributed by atoms with Gasteiger partial charge in [-0.1, -0.05) is 13.5 Å². The Bertz CT molecular complexity index is 467. The van der Waals surface area contributed by atoms with Gasteiger partial charge in [0.2, 0.25) is 0 Å². The molecule has 0 amide bonds. The largest absolute Gasteiger partial charge is 0.493 e. The Labute approximate surface area is 109 Å². The summed E-state index contributed by atoms with van der Waals surface area (Å²) >= 11 is 0. The van der Waals surface area contributed by atoms with Crippen LogP contribution in [0.5, 0.6) is 0 Å². The molecule has 0 aromatic carbocycles. The van der Waals surface area contributed by atoms with Crippen LogP contribution in [0.3, 0.4) is 0 Å². The zero-order chi connectivity index (χ0) is 13.9. The Morgan fingerprint density at radius 1 is 1.50 bits per heavy atom. The lowest BCUT2D eigenvalue weighted by Gasteiger charge is -2.21. The normalized spacial score (nSPS) is 20.9. The van der Waals surface area contributed by atoms with E-state index >= 15 is 0 Å². The zero-order valence-electron chi connectivity index (χ0n) is 11.5. The number of carbonyl (C=O) groups is 1. The molecule has 0 fully saturated rings. The van der Waals surface area contributed by atoms with Crippen LogP contribution < -0.4 is 5.73 Å². The van der Waals surface area contributed by atoms with E-state index in [-0.39, 0.29) is 11.7 Å². The van der Waals surface area contributed by atoms with Gasteiger partial charge in [0.25, 0.3) is 0 Å². The highest BCUT2D eigenvalue weighted by molar-refractivity contribution is 5.98. The van der Waals surface area contributed by atoms with Crippen LogP contribution in [0.2, 0.25) is 0 Å². The molecule has 0 heterocycles. The van der Waals surface area contributed by atoms with Crippen molar-refractivity contribution in [3.63, 3.8) is 0 Å². The van der Waals surface area contributed by atoms with E-state index in [1.807, 2.05) is 32.9 Å². The molecule has 0 aliphatic heterocycles. The molecule has 0 aromatic rings. The highest BCUT2D eigenvalue weighted by Gasteiger charge is 2.22. The molecule has 18 heavy (non-hydrogen) atoms. The number of Topliss-reactive ketones (excluding diaryl/α,β-unsaturated/α-hetero) is 1. The standard InChI is InChI=1S/C15H21NO2/c1-6-18-14-8-9(2)7-13(16)10(3)11(4)15(14)12(5)17/h7-8,10H,4,6,16H2,1-3,5H3. The summed E-state index contributed by atoms with van der Waals surface area (Å²) in [5.41, 5.74) is 8.93. The molecule has 2 N–H and O–H groups in total. The lowest BCUT2D eigenvalue weighted by atomic mass is 9.87. The Morgan fingerprint density at radius 2 is 2.11 bits per heavy atom. The van der Waals surface area contributed by atoms with Crippen LogP contribution in [0.15, 0.2) is 46.9 Å². The minimum Gasteiger partial charge on any atom is -0.493 e. The maximum absolute atomic E-state index is 11.8. The van der Waals surface area contributed by atoms with Crippen molar-refractivity contribution in [1.29, 1.82) is 0 Å². The minimum absolute atomic E-state index is 0.0472. The number of allylic oxidation sites excluding steroid dienone is 5. The summed E-state index contributed by atoms with van der Waals surface area (Å²) in [5.74, 6) is 0.472. The molecule has 1 aliphatic rings. The summed E-state index contributed by atoms with van der Waals surface area (Å²) in [5, 5.41) is 0. The van der Waals surface area contributed by atoms with E-state index in [4.69, 9.17) is 10.5 Å². The van der Waals surface area contributed by atoms with Crippen LogP contribution in [-0.2, 0) is 9.53 Å². The Kier molecular flexibility index (Phi) is 4.54. The Hall–Kier alpha value is -1.77. The van der Waals surface area contributed by atoms with Crippen molar-refractivity contribution in [2.24, 2.45) is 11.7 Å². The van der Waals surface area contributed by atoms with Gasteiger partial charge in [-0.05, 0) is 44.1 Å². The molecule has 0 saturated heterocycles. The van der Waals surface area contributed by atoms with Gasteiger partial charge >= 0.3 is 0 Å². The van der Waals surface area contributed by atoms with Crippen molar-refractivity contribution in [2.75, 3.05) is 6.61 Å². The molecule has 1 aliphatic carbocycles. The molecule has 3 nitrogen and oxygen atoms in total. The number of ketones is 1. The average Bonchev–Trinajstić information content (AvgIpc) is 2.26. The summed E-state index contributed by atoms with van der Waals surface area (Å²) in [6.45, 7) is 11.8. The van der Waals surface area contributed by atoms with Gasteiger partial charge in [-0.3, -0.25) is 4.79 Å². The van der Waals surface area contributed by atoms with E-state index in [2.05, 4.69) is 6.58 Å². The quantitative estimate of drug-likeness (QED) is 0.834. The van der Waals surface area contributed by atoms with E-state index < -0.39 is 0 Å².